The van der Waals surface area contributed by atoms with Crippen LogP contribution in [0.5, 0.6) is 5.75 Å². The Morgan fingerprint density at radius 3 is 2.30 bits per heavy atom. The lowest BCUT2D eigenvalue weighted by atomic mass is 9.81. The molecule has 2 atom stereocenters. The van der Waals surface area contributed by atoms with Gasteiger partial charge in [-0.15, -0.1) is 0 Å². The van der Waals surface area contributed by atoms with Gasteiger partial charge in [0.25, 0.3) is 0 Å². The van der Waals surface area contributed by atoms with Crippen LogP contribution in [0.4, 0.5) is 8.78 Å². The van der Waals surface area contributed by atoms with E-state index in [0.717, 1.165) is 0 Å². The zero-order valence-electron chi connectivity index (χ0n) is 11.6. The molecule has 4 nitrogen and oxygen atoms in total. The molecule has 1 N–H and O–H groups in total. The summed E-state index contributed by atoms with van der Waals surface area (Å²) in [4.78, 5) is 11.7. The van der Waals surface area contributed by atoms with E-state index >= 15 is 0 Å². The van der Waals surface area contributed by atoms with Crippen molar-refractivity contribution < 1.29 is 28.2 Å². The highest BCUT2D eigenvalue weighted by atomic mass is 19.3. The van der Waals surface area contributed by atoms with Crippen LogP contribution in [-0.2, 0) is 15.1 Å². The average Bonchev–Trinajstić information content (AvgIpc) is 2.38. The SMILES string of the molecule is CCC(C(=O)OC)C(C)(O)c1ccc(OC(F)F)cc1. The third-order valence-electron chi connectivity index (χ3n) is 3.24. The summed E-state index contributed by atoms with van der Waals surface area (Å²) >= 11 is 0. The molecule has 0 saturated carbocycles. The van der Waals surface area contributed by atoms with Crippen molar-refractivity contribution in [2.75, 3.05) is 7.11 Å². The van der Waals surface area contributed by atoms with Crippen LogP contribution in [-0.4, -0.2) is 24.8 Å². The molecule has 0 radical (unpaired) electrons. The average molecular weight is 288 g/mol. The Kier molecular flexibility index (Phi) is 5.44. The second-order valence-corrected chi connectivity index (χ2v) is 4.53. The number of halogens is 2. The molecule has 20 heavy (non-hydrogen) atoms. The van der Waals surface area contributed by atoms with Crippen molar-refractivity contribution >= 4 is 5.97 Å². The zero-order chi connectivity index (χ0) is 15.3. The number of aliphatic hydroxyl groups is 1. The van der Waals surface area contributed by atoms with Gasteiger partial charge >= 0.3 is 12.6 Å². The molecule has 0 heterocycles. The predicted molar refractivity (Wildman–Crippen MR) is 68.4 cm³/mol. The van der Waals surface area contributed by atoms with Gasteiger partial charge in [-0.25, -0.2) is 0 Å². The minimum atomic E-state index is -2.90. The Labute approximate surface area is 116 Å². The molecule has 112 valence electrons. The summed E-state index contributed by atoms with van der Waals surface area (Å²) < 4.78 is 33.0. The van der Waals surface area contributed by atoms with Crippen LogP contribution in [0.3, 0.4) is 0 Å². The van der Waals surface area contributed by atoms with Gasteiger partial charge in [-0.05, 0) is 31.0 Å². The monoisotopic (exact) mass is 288 g/mol. The highest BCUT2D eigenvalue weighted by molar-refractivity contribution is 5.74. The number of rotatable bonds is 6. The molecule has 0 saturated heterocycles. The van der Waals surface area contributed by atoms with Gasteiger partial charge in [0.1, 0.15) is 11.4 Å². The third kappa shape index (κ3) is 3.66. The van der Waals surface area contributed by atoms with Crippen LogP contribution in [0, 0.1) is 5.92 Å². The summed E-state index contributed by atoms with van der Waals surface area (Å²) in [6, 6.07) is 5.53. The van der Waals surface area contributed by atoms with Crippen LogP contribution in [0.1, 0.15) is 25.8 Å². The van der Waals surface area contributed by atoms with Gasteiger partial charge in [0, 0.05) is 0 Å². The van der Waals surface area contributed by atoms with Crippen LogP contribution in [0.2, 0.25) is 0 Å². The summed E-state index contributed by atoms with van der Waals surface area (Å²) in [6.45, 7) is 0.339. The minimum absolute atomic E-state index is 0.00864. The van der Waals surface area contributed by atoms with Crippen molar-refractivity contribution in [3.8, 4) is 5.75 Å². The highest BCUT2D eigenvalue weighted by Crippen LogP contribution is 2.33. The first-order valence-electron chi connectivity index (χ1n) is 6.18. The molecule has 6 heteroatoms. The molecule has 0 aromatic heterocycles. The van der Waals surface area contributed by atoms with Crippen molar-refractivity contribution in [1.29, 1.82) is 0 Å². The molecule has 1 aromatic rings. The van der Waals surface area contributed by atoms with Gasteiger partial charge in [0.15, 0.2) is 0 Å². The lowest BCUT2D eigenvalue weighted by molar-refractivity contribution is -0.155. The Morgan fingerprint density at radius 2 is 1.90 bits per heavy atom. The molecular weight excluding hydrogens is 270 g/mol. The molecule has 0 amide bonds. The van der Waals surface area contributed by atoms with Gasteiger partial charge in [-0.1, -0.05) is 19.1 Å². The van der Waals surface area contributed by atoms with Gasteiger partial charge < -0.3 is 14.6 Å². The molecule has 0 fully saturated rings. The van der Waals surface area contributed by atoms with Crippen LogP contribution in [0.25, 0.3) is 0 Å². The van der Waals surface area contributed by atoms with Crippen molar-refractivity contribution in [3.63, 3.8) is 0 Å². The summed E-state index contributed by atoms with van der Waals surface area (Å²) in [5, 5.41) is 10.5. The van der Waals surface area contributed by atoms with E-state index in [2.05, 4.69) is 9.47 Å². The first-order chi connectivity index (χ1) is 9.32. The molecule has 0 bridgehead atoms. The lowest BCUT2D eigenvalue weighted by Gasteiger charge is -2.30. The topological polar surface area (TPSA) is 55.8 Å². The number of ether oxygens (including phenoxy) is 2. The maximum Gasteiger partial charge on any atom is 0.387 e. The summed E-state index contributed by atoms with van der Waals surface area (Å²) in [6.07, 6.45) is 0.384. The molecular formula is C14H18F2O4. The van der Waals surface area contributed by atoms with E-state index < -0.39 is 24.1 Å². The number of carbonyl (C=O) groups excluding carboxylic acids is 1. The van der Waals surface area contributed by atoms with E-state index in [1.54, 1.807) is 6.92 Å². The zero-order valence-corrected chi connectivity index (χ0v) is 11.6. The number of alkyl halides is 2. The standard InChI is InChI=1S/C14H18F2O4/c1-4-11(12(17)19-3)14(2,18)9-5-7-10(8-6-9)20-13(15)16/h5-8,11,13,18H,4H2,1-3H3. The van der Waals surface area contributed by atoms with E-state index in [4.69, 9.17) is 0 Å². The Bertz CT molecular complexity index is 443. The van der Waals surface area contributed by atoms with Crippen LogP contribution >= 0.6 is 0 Å². The van der Waals surface area contributed by atoms with E-state index in [1.807, 2.05) is 0 Å². The predicted octanol–water partition coefficient (Wildman–Crippen LogP) is 2.69. The summed E-state index contributed by atoms with van der Waals surface area (Å²) in [5.74, 6) is -1.27. The maximum atomic E-state index is 12.1. The molecule has 0 aliphatic heterocycles. The Morgan fingerprint density at radius 1 is 1.35 bits per heavy atom. The largest absolute Gasteiger partial charge is 0.469 e. The third-order valence-corrected chi connectivity index (χ3v) is 3.24. The van der Waals surface area contributed by atoms with E-state index in [-0.39, 0.29) is 5.75 Å². The Balaban J connectivity index is 2.99. The van der Waals surface area contributed by atoms with E-state index in [9.17, 15) is 18.7 Å². The second kappa shape index (κ2) is 6.65. The molecule has 2 unspecified atom stereocenters. The maximum absolute atomic E-state index is 12.1. The van der Waals surface area contributed by atoms with Crippen molar-refractivity contribution in [1.82, 2.24) is 0 Å². The highest BCUT2D eigenvalue weighted by Gasteiger charge is 2.38. The number of hydrogen-bond acceptors (Lipinski definition) is 4. The normalized spacial score (nSPS) is 15.6. The number of hydrogen-bond donors (Lipinski definition) is 1. The van der Waals surface area contributed by atoms with Gasteiger partial charge in [0.2, 0.25) is 0 Å². The fourth-order valence-corrected chi connectivity index (χ4v) is 2.11. The molecule has 1 rings (SSSR count). The molecule has 0 aliphatic rings. The van der Waals surface area contributed by atoms with Crippen molar-refractivity contribution in [2.45, 2.75) is 32.5 Å². The number of benzene rings is 1. The van der Waals surface area contributed by atoms with E-state index in [1.165, 1.54) is 38.3 Å². The van der Waals surface area contributed by atoms with Crippen LogP contribution < -0.4 is 4.74 Å². The first-order valence-corrected chi connectivity index (χ1v) is 6.18. The number of carbonyl (C=O) groups is 1. The Hall–Kier alpha value is -1.69. The summed E-state index contributed by atoms with van der Waals surface area (Å²) in [5.41, 5.74) is -1.03. The van der Waals surface area contributed by atoms with Crippen molar-refractivity contribution in [2.24, 2.45) is 5.92 Å². The van der Waals surface area contributed by atoms with Gasteiger partial charge in [-0.3, -0.25) is 4.79 Å². The summed E-state index contributed by atoms with van der Waals surface area (Å²) in [7, 11) is 1.25. The minimum Gasteiger partial charge on any atom is -0.469 e. The quantitative estimate of drug-likeness (QED) is 0.818. The second-order valence-electron chi connectivity index (χ2n) is 4.53. The van der Waals surface area contributed by atoms with Crippen LogP contribution in [0.15, 0.2) is 24.3 Å². The molecule has 0 spiro atoms. The number of esters is 1. The molecule has 0 aliphatic carbocycles. The van der Waals surface area contributed by atoms with Gasteiger partial charge in [0.05, 0.1) is 13.0 Å². The fraction of sp³-hybridized carbons (Fsp3) is 0.500. The van der Waals surface area contributed by atoms with Crippen molar-refractivity contribution in [3.05, 3.63) is 29.8 Å². The fourth-order valence-electron chi connectivity index (χ4n) is 2.11. The number of methoxy groups -OCH3 is 1. The smallest absolute Gasteiger partial charge is 0.387 e. The first kappa shape index (κ1) is 16.4. The lowest BCUT2D eigenvalue weighted by Crippen LogP contribution is -2.37. The van der Waals surface area contributed by atoms with E-state index in [0.29, 0.717) is 12.0 Å². The van der Waals surface area contributed by atoms with Gasteiger partial charge in [-0.2, -0.15) is 8.78 Å². The molecule has 1 aromatic carbocycles.